The summed E-state index contributed by atoms with van der Waals surface area (Å²) in [7, 11) is 0. The Morgan fingerprint density at radius 3 is 2.67 bits per heavy atom. The molecule has 0 bridgehead atoms. The summed E-state index contributed by atoms with van der Waals surface area (Å²) in [5.41, 5.74) is 0.406. The van der Waals surface area contributed by atoms with Gasteiger partial charge in [0.25, 0.3) is 0 Å². The van der Waals surface area contributed by atoms with Crippen LogP contribution in [0.3, 0.4) is 0 Å². The van der Waals surface area contributed by atoms with Crippen LogP contribution in [0.2, 0.25) is 0 Å². The van der Waals surface area contributed by atoms with Crippen LogP contribution >= 0.6 is 0 Å². The van der Waals surface area contributed by atoms with Crippen LogP contribution in [0.25, 0.3) is 0 Å². The van der Waals surface area contributed by atoms with Gasteiger partial charge < -0.3 is 10.4 Å². The van der Waals surface area contributed by atoms with Gasteiger partial charge in [-0.25, -0.2) is 4.79 Å². The molecule has 0 aliphatic carbocycles. The second-order valence-electron chi connectivity index (χ2n) is 4.00. The highest BCUT2D eigenvalue weighted by atomic mass is 16.4. The van der Waals surface area contributed by atoms with E-state index in [0.29, 0.717) is 18.2 Å². The fourth-order valence-electron chi connectivity index (χ4n) is 1.30. The maximum absolute atomic E-state index is 10.5. The van der Waals surface area contributed by atoms with Crippen LogP contribution in [0.1, 0.15) is 46.5 Å². The van der Waals surface area contributed by atoms with Gasteiger partial charge in [-0.05, 0) is 20.3 Å². The smallest absolute Gasteiger partial charge is 0.330 e. The molecule has 3 heteroatoms. The number of nitrogens with one attached hydrogen (secondary N) is 1. The minimum Gasteiger partial charge on any atom is -0.478 e. The van der Waals surface area contributed by atoms with Crippen LogP contribution in [-0.2, 0) is 4.79 Å². The Bertz CT molecular complexity index is 212. The highest BCUT2D eigenvalue weighted by Crippen LogP contribution is 2.02. The van der Waals surface area contributed by atoms with E-state index in [1.165, 1.54) is 19.3 Å². The van der Waals surface area contributed by atoms with E-state index < -0.39 is 5.97 Å². The van der Waals surface area contributed by atoms with Gasteiger partial charge in [-0.3, -0.25) is 0 Å². The predicted octanol–water partition coefficient (Wildman–Crippen LogP) is 2.58. The Balaban J connectivity index is 3.58. The molecule has 0 spiro atoms. The van der Waals surface area contributed by atoms with E-state index in [4.69, 9.17) is 5.11 Å². The van der Waals surface area contributed by atoms with E-state index in [2.05, 4.69) is 19.2 Å². The fourth-order valence-corrected chi connectivity index (χ4v) is 1.30. The van der Waals surface area contributed by atoms with Crippen molar-refractivity contribution in [3.63, 3.8) is 0 Å². The monoisotopic (exact) mass is 213 g/mol. The van der Waals surface area contributed by atoms with Crippen LogP contribution in [-0.4, -0.2) is 23.7 Å². The molecule has 88 valence electrons. The van der Waals surface area contributed by atoms with E-state index in [1.807, 2.05) is 0 Å². The molecule has 0 rings (SSSR count). The summed E-state index contributed by atoms with van der Waals surface area (Å²) in [5.74, 6) is -0.838. The number of carboxylic acid groups (broad SMARTS) is 1. The van der Waals surface area contributed by atoms with Crippen molar-refractivity contribution in [1.29, 1.82) is 0 Å². The summed E-state index contributed by atoms with van der Waals surface area (Å²) in [6, 6.07) is 0.467. The van der Waals surface area contributed by atoms with Crippen molar-refractivity contribution in [2.75, 3.05) is 6.54 Å². The molecule has 3 nitrogen and oxygen atoms in total. The number of hydrogen-bond acceptors (Lipinski definition) is 2. The third-order valence-corrected chi connectivity index (χ3v) is 2.45. The van der Waals surface area contributed by atoms with Crippen molar-refractivity contribution in [2.45, 2.75) is 52.5 Å². The summed E-state index contributed by atoms with van der Waals surface area (Å²) in [4.78, 5) is 10.5. The van der Waals surface area contributed by atoms with Gasteiger partial charge in [0.1, 0.15) is 0 Å². The lowest BCUT2D eigenvalue weighted by Gasteiger charge is -2.11. The predicted molar refractivity (Wildman–Crippen MR) is 63.0 cm³/mol. The Morgan fingerprint density at radius 2 is 2.13 bits per heavy atom. The Hall–Kier alpha value is -0.830. The van der Waals surface area contributed by atoms with Gasteiger partial charge >= 0.3 is 5.97 Å². The Labute approximate surface area is 92.6 Å². The molecule has 0 radical (unpaired) electrons. The van der Waals surface area contributed by atoms with Crippen molar-refractivity contribution < 1.29 is 9.90 Å². The zero-order valence-electron chi connectivity index (χ0n) is 10.0. The van der Waals surface area contributed by atoms with Crippen LogP contribution in [0.5, 0.6) is 0 Å². The Morgan fingerprint density at radius 1 is 1.47 bits per heavy atom. The van der Waals surface area contributed by atoms with Gasteiger partial charge in [-0.1, -0.05) is 32.3 Å². The molecule has 1 atom stereocenters. The molecule has 0 fully saturated rings. The van der Waals surface area contributed by atoms with Crippen molar-refractivity contribution in [3.8, 4) is 0 Å². The molecule has 0 amide bonds. The largest absolute Gasteiger partial charge is 0.478 e. The second-order valence-corrected chi connectivity index (χ2v) is 4.00. The zero-order chi connectivity index (χ0) is 11.7. The van der Waals surface area contributed by atoms with Crippen molar-refractivity contribution in [2.24, 2.45) is 0 Å². The molecule has 0 aromatic heterocycles. The van der Waals surface area contributed by atoms with E-state index >= 15 is 0 Å². The number of unbranched alkanes of at least 4 members (excludes halogenated alkanes) is 2. The fraction of sp³-hybridized carbons (Fsp3) is 0.750. The summed E-state index contributed by atoms with van der Waals surface area (Å²) in [6.07, 6.45) is 6.64. The SMILES string of the molecule is CCCCCC(C)NC/C=C(/C)C(=O)O. The number of aliphatic carboxylic acids is 1. The summed E-state index contributed by atoms with van der Waals surface area (Å²) in [5, 5.41) is 11.9. The molecule has 2 N–H and O–H groups in total. The molecular formula is C12H23NO2. The average Bonchev–Trinajstić information content (AvgIpc) is 2.18. The minimum absolute atomic E-state index is 0.406. The van der Waals surface area contributed by atoms with E-state index in [1.54, 1.807) is 13.0 Å². The molecular weight excluding hydrogens is 190 g/mol. The molecule has 0 saturated carbocycles. The molecule has 0 aliphatic rings. The number of hydrogen-bond donors (Lipinski definition) is 2. The lowest BCUT2D eigenvalue weighted by molar-refractivity contribution is -0.132. The molecule has 15 heavy (non-hydrogen) atoms. The standard InChI is InChI=1S/C12H23NO2/c1-4-5-6-7-11(3)13-9-8-10(2)12(14)15/h8,11,13H,4-7,9H2,1-3H3,(H,14,15)/b10-8-. The Kier molecular flexibility index (Phi) is 8.01. The van der Waals surface area contributed by atoms with E-state index in [9.17, 15) is 4.79 Å². The van der Waals surface area contributed by atoms with Gasteiger partial charge in [-0.15, -0.1) is 0 Å². The summed E-state index contributed by atoms with van der Waals surface area (Å²) < 4.78 is 0. The lowest BCUT2D eigenvalue weighted by atomic mass is 10.1. The number of carboxylic acids is 1. The average molecular weight is 213 g/mol. The number of carbonyl (C=O) groups is 1. The maximum atomic E-state index is 10.5. The highest BCUT2D eigenvalue weighted by Gasteiger charge is 2.01. The normalized spacial score (nSPS) is 13.9. The van der Waals surface area contributed by atoms with Crippen molar-refractivity contribution in [3.05, 3.63) is 11.6 Å². The summed E-state index contributed by atoms with van der Waals surface area (Å²) in [6.45, 7) is 6.59. The van der Waals surface area contributed by atoms with Gasteiger partial charge in [0.05, 0.1) is 0 Å². The van der Waals surface area contributed by atoms with Crippen molar-refractivity contribution in [1.82, 2.24) is 5.32 Å². The first-order valence-electron chi connectivity index (χ1n) is 5.71. The first-order chi connectivity index (χ1) is 7.07. The van der Waals surface area contributed by atoms with Gasteiger partial charge in [0.15, 0.2) is 0 Å². The minimum atomic E-state index is -0.838. The van der Waals surface area contributed by atoms with Crippen LogP contribution in [0, 0.1) is 0 Å². The summed E-state index contributed by atoms with van der Waals surface area (Å²) >= 11 is 0. The number of rotatable bonds is 8. The van der Waals surface area contributed by atoms with E-state index in [0.717, 1.165) is 6.42 Å². The third kappa shape index (κ3) is 8.18. The van der Waals surface area contributed by atoms with E-state index in [-0.39, 0.29) is 0 Å². The molecule has 0 saturated heterocycles. The first kappa shape index (κ1) is 14.2. The second kappa shape index (κ2) is 8.48. The van der Waals surface area contributed by atoms with Gasteiger partial charge in [0.2, 0.25) is 0 Å². The molecule has 1 unspecified atom stereocenters. The molecule has 0 heterocycles. The van der Waals surface area contributed by atoms with Crippen molar-refractivity contribution >= 4 is 5.97 Å². The van der Waals surface area contributed by atoms with Gasteiger partial charge in [0, 0.05) is 18.2 Å². The molecule has 0 aromatic rings. The highest BCUT2D eigenvalue weighted by molar-refractivity contribution is 5.85. The van der Waals surface area contributed by atoms with Crippen LogP contribution < -0.4 is 5.32 Å². The molecule has 0 aromatic carbocycles. The van der Waals surface area contributed by atoms with Crippen LogP contribution in [0.4, 0.5) is 0 Å². The quantitative estimate of drug-likeness (QED) is 0.481. The van der Waals surface area contributed by atoms with Gasteiger partial charge in [-0.2, -0.15) is 0 Å². The lowest BCUT2D eigenvalue weighted by Crippen LogP contribution is -2.26. The topological polar surface area (TPSA) is 49.3 Å². The third-order valence-electron chi connectivity index (χ3n) is 2.45. The first-order valence-corrected chi connectivity index (χ1v) is 5.71. The van der Waals surface area contributed by atoms with Crippen LogP contribution in [0.15, 0.2) is 11.6 Å². The maximum Gasteiger partial charge on any atom is 0.330 e. The molecule has 0 aliphatic heterocycles. The zero-order valence-corrected chi connectivity index (χ0v) is 10.0.